The number of rotatable bonds is 9. The molecule has 0 amide bonds. The van der Waals surface area contributed by atoms with Crippen molar-refractivity contribution in [3.8, 4) is 5.75 Å². The standard InChI is InChI=1S/C17H26N2O/c1-3-5-10-18-11-13-19-12-9-15-16(19)7-6-8-17(15)20-14-4-2/h6-9,12,18H,3-5,10-11,13-14H2,1-2H3. The van der Waals surface area contributed by atoms with Crippen LogP contribution >= 0.6 is 0 Å². The first-order valence-corrected chi connectivity index (χ1v) is 7.78. The fourth-order valence-corrected chi connectivity index (χ4v) is 2.35. The molecule has 0 aliphatic rings. The molecule has 0 fully saturated rings. The van der Waals surface area contributed by atoms with Crippen LogP contribution in [0.2, 0.25) is 0 Å². The number of ether oxygens (including phenoxy) is 1. The van der Waals surface area contributed by atoms with Crippen LogP contribution in [0.3, 0.4) is 0 Å². The summed E-state index contributed by atoms with van der Waals surface area (Å²) in [5.41, 5.74) is 1.26. The third kappa shape index (κ3) is 3.76. The van der Waals surface area contributed by atoms with Gasteiger partial charge < -0.3 is 14.6 Å². The van der Waals surface area contributed by atoms with Gasteiger partial charge in [0.05, 0.1) is 12.1 Å². The molecule has 0 unspecified atom stereocenters. The first kappa shape index (κ1) is 14.9. The number of hydrogen-bond donors (Lipinski definition) is 1. The molecule has 0 saturated carbocycles. The van der Waals surface area contributed by atoms with E-state index in [1.807, 2.05) is 0 Å². The largest absolute Gasteiger partial charge is 0.493 e. The van der Waals surface area contributed by atoms with E-state index in [1.165, 1.54) is 23.7 Å². The second-order valence-corrected chi connectivity index (χ2v) is 5.15. The van der Waals surface area contributed by atoms with Crippen molar-refractivity contribution in [1.82, 2.24) is 9.88 Å². The highest BCUT2D eigenvalue weighted by atomic mass is 16.5. The average Bonchev–Trinajstić information content (AvgIpc) is 2.89. The molecule has 0 radical (unpaired) electrons. The highest BCUT2D eigenvalue weighted by molar-refractivity contribution is 5.86. The summed E-state index contributed by atoms with van der Waals surface area (Å²) in [7, 11) is 0. The predicted molar refractivity (Wildman–Crippen MR) is 85.5 cm³/mol. The molecule has 110 valence electrons. The molecule has 3 nitrogen and oxygen atoms in total. The van der Waals surface area contributed by atoms with Gasteiger partial charge in [-0.05, 0) is 37.6 Å². The third-order valence-electron chi connectivity index (χ3n) is 3.47. The molecule has 1 heterocycles. The van der Waals surface area contributed by atoms with E-state index in [-0.39, 0.29) is 0 Å². The fourth-order valence-electron chi connectivity index (χ4n) is 2.35. The Balaban J connectivity index is 2.00. The first-order chi connectivity index (χ1) is 9.86. The third-order valence-corrected chi connectivity index (χ3v) is 3.47. The van der Waals surface area contributed by atoms with E-state index >= 15 is 0 Å². The van der Waals surface area contributed by atoms with Crippen LogP contribution in [-0.4, -0.2) is 24.3 Å². The maximum absolute atomic E-state index is 5.81. The minimum atomic E-state index is 0.781. The van der Waals surface area contributed by atoms with Crippen LogP contribution in [-0.2, 0) is 6.54 Å². The van der Waals surface area contributed by atoms with E-state index in [2.05, 4.69) is 54.2 Å². The van der Waals surface area contributed by atoms with Crippen molar-refractivity contribution >= 4 is 10.9 Å². The van der Waals surface area contributed by atoms with Crippen LogP contribution < -0.4 is 10.1 Å². The predicted octanol–water partition coefficient (Wildman–Crippen LogP) is 3.82. The van der Waals surface area contributed by atoms with Gasteiger partial charge in [0.15, 0.2) is 0 Å². The van der Waals surface area contributed by atoms with E-state index in [0.29, 0.717) is 0 Å². The molecule has 1 aromatic heterocycles. The van der Waals surface area contributed by atoms with E-state index in [4.69, 9.17) is 4.74 Å². The number of benzene rings is 1. The van der Waals surface area contributed by atoms with Crippen LogP contribution in [0.5, 0.6) is 5.75 Å². The minimum Gasteiger partial charge on any atom is -0.493 e. The van der Waals surface area contributed by atoms with Gasteiger partial charge in [0.25, 0.3) is 0 Å². The van der Waals surface area contributed by atoms with Gasteiger partial charge in [-0.3, -0.25) is 0 Å². The molecule has 0 spiro atoms. The Kier molecular flexibility index (Phi) is 5.93. The normalized spacial score (nSPS) is 11.1. The van der Waals surface area contributed by atoms with E-state index in [9.17, 15) is 0 Å². The lowest BCUT2D eigenvalue weighted by atomic mass is 10.2. The SMILES string of the molecule is CCCCNCCn1ccc2c(OCCC)cccc21. The summed E-state index contributed by atoms with van der Waals surface area (Å²) in [6.07, 6.45) is 5.70. The summed E-state index contributed by atoms with van der Waals surface area (Å²) >= 11 is 0. The molecule has 2 aromatic rings. The van der Waals surface area contributed by atoms with Gasteiger partial charge in [-0.1, -0.05) is 26.3 Å². The highest BCUT2D eigenvalue weighted by Gasteiger charge is 2.05. The Morgan fingerprint density at radius 3 is 2.80 bits per heavy atom. The van der Waals surface area contributed by atoms with E-state index in [1.54, 1.807) is 0 Å². The molecule has 0 bridgehead atoms. The number of nitrogens with zero attached hydrogens (tertiary/aromatic N) is 1. The fraction of sp³-hybridized carbons (Fsp3) is 0.529. The Labute approximate surface area is 121 Å². The summed E-state index contributed by atoms with van der Waals surface area (Å²) in [5.74, 6) is 1.00. The van der Waals surface area contributed by atoms with E-state index in [0.717, 1.165) is 38.4 Å². The Morgan fingerprint density at radius 2 is 2.00 bits per heavy atom. The maximum Gasteiger partial charge on any atom is 0.128 e. The van der Waals surface area contributed by atoms with Crippen molar-refractivity contribution in [3.05, 3.63) is 30.5 Å². The van der Waals surface area contributed by atoms with Crippen LogP contribution in [0, 0.1) is 0 Å². The molecule has 3 heteroatoms. The van der Waals surface area contributed by atoms with Crippen molar-refractivity contribution < 1.29 is 4.74 Å². The molecular formula is C17H26N2O. The topological polar surface area (TPSA) is 26.2 Å². The van der Waals surface area contributed by atoms with Gasteiger partial charge in [0, 0.05) is 24.7 Å². The maximum atomic E-state index is 5.81. The van der Waals surface area contributed by atoms with Crippen molar-refractivity contribution in [2.75, 3.05) is 19.7 Å². The monoisotopic (exact) mass is 274 g/mol. The van der Waals surface area contributed by atoms with Crippen molar-refractivity contribution in [2.24, 2.45) is 0 Å². The van der Waals surface area contributed by atoms with Crippen molar-refractivity contribution in [3.63, 3.8) is 0 Å². The zero-order valence-electron chi connectivity index (χ0n) is 12.7. The van der Waals surface area contributed by atoms with Gasteiger partial charge in [-0.2, -0.15) is 0 Å². The van der Waals surface area contributed by atoms with Crippen LogP contribution in [0.15, 0.2) is 30.5 Å². The van der Waals surface area contributed by atoms with Crippen LogP contribution in [0.1, 0.15) is 33.1 Å². The Bertz CT molecular complexity index is 519. The second-order valence-electron chi connectivity index (χ2n) is 5.15. The van der Waals surface area contributed by atoms with Crippen molar-refractivity contribution in [1.29, 1.82) is 0 Å². The molecule has 1 N–H and O–H groups in total. The quantitative estimate of drug-likeness (QED) is 0.704. The Hall–Kier alpha value is -1.48. The van der Waals surface area contributed by atoms with Gasteiger partial charge >= 0.3 is 0 Å². The van der Waals surface area contributed by atoms with Gasteiger partial charge in [0.1, 0.15) is 5.75 Å². The Morgan fingerprint density at radius 1 is 1.10 bits per heavy atom. The minimum absolute atomic E-state index is 0.781. The molecule has 0 aliphatic heterocycles. The summed E-state index contributed by atoms with van der Waals surface area (Å²) in [6.45, 7) is 8.27. The molecule has 0 saturated heterocycles. The van der Waals surface area contributed by atoms with Gasteiger partial charge in [-0.15, -0.1) is 0 Å². The van der Waals surface area contributed by atoms with Crippen LogP contribution in [0.4, 0.5) is 0 Å². The number of nitrogens with one attached hydrogen (secondary N) is 1. The summed E-state index contributed by atoms with van der Waals surface area (Å²) in [6, 6.07) is 8.46. The summed E-state index contributed by atoms with van der Waals surface area (Å²) < 4.78 is 8.11. The van der Waals surface area contributed by atoms with Gasteiger partial charge in [-0.25, -0.2) is 0 Å². The van der Waals surface area contributed by atoms with E-state index < -0.39 is 0 Å². The second kappa shape index (κ2) is 7.95. The zero-order valence-corrected chi connectivity index (χ0v) is 12.7. The molecule has 1 aromatic carbocycles. The summed E-state index contributed by atoms with van der Waals surface area (Å²) in [5, 5.41) is 4.70. The lowest BCUT2D eigenvalue weighted by molar-refractivity contribution is 0.321. The molecular weight excluding hydrogens is 248 g/mol. The lowest BCUT2D eigenvalue weighted by Crippen LogP contribution is -2.20. The lowest BCUT2D eigenvalue weighted by Gasteiger charge is -2.09. The highest BCUT2D eigenvalue weighted by Crippen LogP contribution is 2.26. The van der Waals surface area contributed by atoms with Crippen LogP contribution in [0.25, 0.3) is 10.9 Å². The number of aromatic nitrogens is 1. The smallest absolute Gasteiger partial charge is 0.128 e. The summed E-state index contributed by atoms with van der Waals surface area (Å²) in [4.78, 5) is 0. The number of unbranched alkanes of at least 4 members (excludes halogenated alkanes) is 1. The first-order valence-electron chi connectivity index (χ1n) is 7.78. The molecule has 0 atom stereocenters. The van der Waals surface area contributed by atoms with Crippen molar-refractivity contribution in [2.45, 2.75) is 39.7 Å². The average molecular weight is 274 g/mol. The molecule has 0 aliphatic carbocycles. The number of hydrogen-bond acceptors (Lipinski definition) is 2. The molecule has 20 heavy (non-hydrogen) atoms. The number of fused-ring (bicyclic) bond motifs is 1. The zero-order chi connectivity index (χ0) is 14.2. The molecule has 2 rings (SSSR count). The van der Waals surface area contributed by atoms with Gasteiger partial charge in [0.2, 0.25) is 0 Å².